The van der Waals surface area contributed by atoms with E-state index < -0.39 is 17.7 Å². The van der Waals surface area contributed by atoms with Crippen molar-refractivity contribution in [3.05, 3.63) is 52.3 Å². The number of cyclic esters (lactones) is 2. The van der Waals surface area contributed by atoms with Crippen molar-refractivity contribution in [3.63, 3.8) is 0 Å². The van der Waals surface area contributed by atoms with Gasteiger partial charge in [0.05, 0.1) is 0 Å². The van der Waals surface area contributed by atoms with Gasteiger partial charge in [-0.1, -0.05) is 0 Å². The Kier molecular flexibility index (Phi) is 4.88. The van der Waals surface area contributed by atoms with Crippen LogP contribution in [0.4, 0.5) is 5.69 Å². The van der Waals surface area contributed by atoms with Gasteiger partial charge in [-0.25, -0.2) is 9.59 Å². The Hall–Kier alpha value is -2.58. The number of hydrogen-bond acceptors (Lipinski definition) is 7. The van der Waals surface area contributed by atoms with Crippen LogP contribution in [0, 0.1) is 0 Å². The van der Waals surface area contributed by atoms with Crippen LogP contribution in [0.3, 0.4) is 0 Å². The third-order valence-electron chi connectivity index (χ3n) is 3.55. The Morgan fingerprint density at radius 3 is 2.42 bits per heavy atom. The molecule has 0 aliphatic carbocycles. The Morgan fingerprint density at radius 2 is 1.85 bits per heavy atom. The number of anilines is 1. The van der Waals surface area contributed by atoms with E-state index in [1.165, 1.54) is 20.0 Å². The molecule has 2 aromatic rings. The molecule has 0 unspecified atom stereocenters. The standard InChI is InChI=1S/C18H16BrNO6/c1-18(2)25-16(22)13(17(23)26-18)8-20-10-3-5-12(14(19)7-10)15-6-4-11(9-21)24-15/h3-8,20-21H,9H2,1-2H3. The maximum absolute atomic E-state index is 11.9. The summed E-state index contributed by atoms with van der Waals surface area (Å²) in [7, 11) is 0. The molecule has 0 radical (unpaired) electrons. The number of esters is 2. The van der Waals surface area contributed by atoms with Crippen molar-refractivity contribution in [2.45, 2.75) is 26.2 Å². The molecule has 0 atom stereocenters. The number of rotatable bonds is 4. The van der Waals surface area contributed by atoms with E-state index in [4.69, 9.17) is 19.0 Å². The molecular weight excluding hydrogens is 406 g/mol. The summed E-state index contributed by atoms with van der Waals surface area (Å²) < 4.78 is 16.3. The summed E-state index contributed by atoms with van der Waals surface area (Å²) in [5.74, 6) is -1.70. The number of aliphatic hydroxyl groups excluding tert-OH is 1. The fourth-order valence-corrected chi connectivity index (χ4v) is 2.92. The lowest BCUT2D eigenvalue weighted by molar-refractivity contribution is -0.222. The van der Waals surface area contributed by atoms with Crippen LogP contribution in [0.5, 0.6) is 0 Å². The van der Waals surface area contributed by atoms with Gasteiger partial charge in [0.2, 0.25) is 0 Å². The molecule has 0 bridgehead atoms. The molecule has 1 fully saturated rings. The minimum Gasteiger partial charge on any atom is -0.459 e. The highest BCUT2D eigenvalue weighted by atomic mass is 79.9. The van der Waals surface area contributed by atoms with E-state index in [9.17, 15) is 9.59 Å². The summed E-state index contributed by atoms with van der Waals surface area (Å²) in [6, 6.07) is 8.76. The van der Waals surface area contributed by atoms with Crippen LogP contribution in [-0.4, -0.2) is 22.8 Å². The highest BCUT2D eigenvalue weighted by molar-refractivity contribution is 9.10. The number of nitrogens with one attached hydrogen (secondary N) is 1. The van der Waals surface area contributed by atoms with Crippen LogP contribution in [0.2, 0.25) is 0 Å². The summed E-state index contributed by atoms with van der Waals surface area (Å²) in [6.45, 7) is 2.80. The highest BCUT2D eigenvalue weighted by Gasteiger charge is 2.38. The van der Waals surface area contributed by atoms with E-state index in [0.29, 0.717) is 17.2 Å². The zero-order valence-electron chi connectivity index (χ0n) is 14.0. The molecule has 1 aliphatic heterocycles. The molecule has 1 saturated heterocycles. The largest absolute Gasteiger partial charge is 0.459 e. The van der Waals surface area contributed by atoms with Crippen molar-refractivity contribution in [2.24, 2.45) is 0 Å². The monoisotopic (exact) mass is 421 g/mol. The number of ether oxygens (including phenoxy) is 2. The van der Waals surface area contributed by atoms with Gasteiger partial charge in [-0.15, -0.1) is 0 Å². The van der Waals surface area contributed by atoms with Gasteiger partial charge >= 0.3 is 11.9 Å². The number of benzene rings is 1. The highest BCUT2D eigenvalue weighted by Crippen LogP contribution is 2.32. The number of carbonyl (C=O) groups excluding carboxylic acids is 2. The third kappa shape index (κ3) is 3.81. The molecule has 0 spiro atoms. The minimum atomic E-state index is -1.27. The number of hydrogen-bond donors (Lipinski definition) is 2. The lowest BCUT2D eigenvalue weighted by Gasteiger charge is -2.29. The summed E-state index contributed by atoms with van der Waals surface area (Å²) in [6.07, 6.45) is 1.25. The van der Waals surface area contributed by atoms with Crippen LogP contribution in [0.15, 0.2) is 51.0 Å². The quantitative estimate of drug-likeness (QED) is 0.443. The molecule has 8 heteroatoms. The van der Waals surface area contributed by atoms with E-state index in [1.807, 2.05) is 0 Å². The normalized spacial score (nSPS) is 16.1. The molecule has 0 saturated carbocycles. The Balaban J connectivity index is 1.78. The van der Waals surface area contributed by atoms with Crippen LogP contribution in [0.1, 0.15) is 19.6 Å². The molecule has 1 aliphatic rings. The lowest BCUT2D eigenvalue weighted by Crippen LogP contribution is -2.42. The Bertz CT molecular complexity index is 877. The molecule has 26 heavy (non-hydrogen) atoms. The topological polar surface area (TPSA) is 98.0 Å². The van der Waals surface area contributed by atoms with E-state index in [-0.39, 0.29) is 12.2 Å². The fourth-order valence-electron chi connectivity index (χ4n) is 2.35. The smallest absolute Gasteiger partial charge is 0.350 e. The van der Waals surface area contributed by atoms with E-state index in [0.717, 1.165) is 10.0 Å². The predicted octanol–water partition coefficient (Wildman–Crippen LogP) is 3.33. The molecule has 3 rings (SSSR count). The van der Waals surface area contributed by atoms with E-state index >= 15 is 0 Å². The average Bonchev–Trinajstić information content (AvgIpc) is 3.02. The number of furan rings is 1. The fraction of sp³-hybridized carbons (Fsp3) is 0.222. The SMILES string of the molecule is CC1(C)OC(=O)C(=CNc2ccc(-c3ccc(CO)o3)c(Br)c2)C(=O)O1. The van der Waals surface area contributed by atoms with Gasteiger partial charge in [0.15, 0.2) is 5.57 Å². The lowest BCUT2D eigenvalue weighted by atomic mass is 10.1. The zero-order valence-corrected chi connectivity index (χ0v) is 15.6. The molecule has 7 nitrogen and oxygen atoms in total. The van der Waals surface area contributed by atoms with Gasteiger partial charge in [-0.2, -0.15) is 0 Å². The zero-order chi connectivity index (χ0) is 18.9. The first kappa shape index (κ1) is 18.2. The van der Waals surface area contributed by atoms with Gasteiger partial charge in [0, 0.05) is 35.8 Å². The van der Waals surface area contributed by atoms with Crippen molar-refractivity contribution < 1.29 is 28.6 Å². The summed E-state index contributed by atoms with van der Waals surface area (Å²) in [4.78, 5) is 23.8. The number of carbonyl (C=O) groups is 2. The van der Waals surface area contributed by atoms with Crippen molar-refractivity contribution >= 4 is 33.6 Å². The molecule has 1 aromatic heterocycles. The van der Waals surface area contributed by atoms with Crippen molar-refractivity contribution in [2.75, 3.05) is 5.32 Å². The second-order valence-electron chi connectivity index (χ2n) is 6.00. The second kappa shape index (κ2) is 6.97. The maximum atomic E-state index is 11.9. The summed E-state index contributed by atoms with van der Waals surface area (Å²) >= 11 is 3.45. The Morgan fingerprint density at radius 1 is 1.15 bits per heavy atom. The molecule has 136 valence electrons. The third-order valence-corrected chi connectivity index (χ3v) is 4.21. The van der Waals surface area contributed by atoms with Crippen LogP contribution >= 0.6 is 15.9 Å². The number of halogens is 1. The van der Waals surface area contributed by atoms with Gasteiger partial charge in [-0.3, -0.25) is 0 Å². The van der Waals surface area contributed by atoms with Gasteiger partial charge in [-0.05, 0) is 46.3 Å². The first-order valence-corrected chi connectivity index (χ1v) is 8.51. The first-order valence-electron chi connectivity index (χ1n) is 7.72. The van der Waals surface area contributed by atoms with Crippen LogP contribution in [-0.2, 0) is 25.7 Å². The minimum absolute atomic E-state index is 0.173. The molecule has 0 amide bonds. The molecular formula is C18H16BrNO6. The van der Waals surface area contributed by atoms with E-state index in [1.54, 1.807) is 30.3 Å². The van der Waals surface area contributed by atoms with Gasteiger partial charge in [0.1, 0.15) is 18.1 Å². The molecule has 2 heterocycles. The van der Waals surface area contributed by atoms with Gasteiger partial charge < -0.3 is 24.3 Å². The first-order chi connectivity index (χ1) is 12.3. The second-order valence-corrected chi connectivity index (χ2v) is 6.85. The van der Waals surface area contributed by atoms with Crippen LogP contribution in [0.25, 0.3) is 11.3 Å². The maximum Gasteiger partial charge on any atom is 0.350 e. The summed E-state index contributed by atoms with van der Waals surface area (Å²) in [5, 5.41) is 12.0. The molecule has 1 aromatic carbocycles. The van der Waals surface area contributed by atoms with Crippen LogP contribution < -0.4 is 5.32 Å². The average molecular weight is 422 g/mol. The van der Waals surface area contributed by atoms with Crippen molar-refractivity contribution in [1.82, 2.24) is 0 Å². The van der Waals surface area contributed by atoms with Gasteiger partial charge in [0.25, 0.3) is 5.79 Å². The predicted molar refractivity (Wildman–Crippen MR) is 95.7 cm³/mol. The Labute approximate surface area is 157 Å². The molecule has 2 N–H and O–H groups in total. The van der Waals surface area contributed by atoms with Crippen molar-refractivity contribution in [1.29, 1.82) is 0 Å². The van der Waals surface area contributed by atoms with Crippen molar-refractivity contribution in [3.8, 4) is 11.3 Å². The number of aliphatic hydroxyl groups is 1. The summed E-state index contributed by atoms with van der Waals surface area (Å²) in [5.41, 5.74) is 1.21. The van der Waals surface area contributed by atoms with E-state index in [2.05, 4.69) is 21.2 Å².